The highest BCUT2D eigenvalue weighted by Gasteiger charge is 2.25. The summed E-state index contributed by atoms with van der Waals surface area (Å²) < 4.78 is 34.4. The lowest BCUT2D eigenvalue weighted by molar-refractivity contribution is -0.0000184. The van der Waals surface area contributed by atoms with Crippen LogP contribution in [-0.2, 0) is 16.6 Å². The number of aromatic nitrogens is 1. The molecule has 0 fully saturated rings. The van der Waals surface area contributed by atoms with Gasteiger partial charge in [-0.15, -0.1) is 0 Å². The Labute approximate surface area is 246 Å². The standard InChI is InChI=1S/C29H34N4O4S2.ClH/c1-5-32(21-22-10-7-6-8-11-22)39(35,36)25-15-12-23(13-16-25)28(34)33(19-9-18-31(2)3)29-30-26-20-24(37-4)14-17-27(26)38-29;/h6-8,10-17,20H,5,9,18-19,21H2,1-4H3;1H/p-1. The summed E-state index contributed by atoms with van der Waals surface area (Å²) >= 11 is 1.44. The number of fused-ring (bicyclic) bond motifs is 1. The van der Waals surface area contributed by atoms with Crippen molar-refractivity contribution in [3.8, 4) is 5.75 Å². The van der Waals surface area contributed by atoms with Gasteiger partial charge in [-0.05, 0) is 69.0 Å². The number of ether oxygens (including phenoxy) is 1. The summed E-state index contributed by atoms with van der Waals surface area (Å²) in [5.74, 6) is 0.482. The molecule has 8 nitrogen and oxygen atoms in total. The fourth-order valence-corrected chi connectivity index (χ4v) is 6.60. The van der Waals surface area contributed by atoms with Crippen molar-refractivity contribution in [1.29, 1.82) is 0 Å². The van der Waals surface area contributed by atoms with Crippen molar-refractivity contribution in [2.75, 3.05) is 45.7 Å². The zero-order valence-corrected chi connectivity index (χ0v) is 25.5. The average molecular weight is 602 g/mol. The second kappa shape index (κ2) is 14.0. The predicted molar refractivity (Wildman–Crippen MR) is 157 cm³/mol. The number of thiazole rings is 1. The molecule has 0 spiro atoms. The quantitative estimate of drug-likeness (QED) is 0.247. The largest absolute Gasteiger partial charge is 1.00 e. The van der Waals surface area contributed by atoms with Gasteiger partial charge in [-0.1, -0.05) is 48.6 Å². The van der Waals surface area contributed by atoms with Crippen LogP contribution in [0.5, 0.6) is 5.75 Å². The number of halogens is 1. The van der Waals surface area contributed by atoms with Gasteiger partial charge in [0.05, 0.1) is 22.2 Å². The number of nitrogens with zero attached hydrogens (tertiary/aromatic N) is 4. The highest BCUT2D eigenvalue weighted by atomic mass is 35.5. The second-order valence-corrected chi connectivity index (χ2v) is 12.3. The number of methoxy groups -OCH3 is 1. The number of benzene rings is 3. The molecule has 1 aromatic heterocycles. The molecule has 40 heavy (non-hydrogen) atoms. The molecule has 0 atom stereocenters. The molecule has 1 heterocycles. The van der Waals surface area contributed by atoms with Crippen molar-refractivity contribution in [3.63, 3.8) is 0 Å². The molecule has 0 bridgehead atoms. The fraction of sp³-hybridized carbons (Fsp3) is 0.310. The van der Waals surface area contributed by atoms with Crippen LogP contribution in [0.4, 0.5) is 5.13 Å². The Morgan fingerprint density at radius 1 is 0.975 bits per heavy atom. The van der Waals surface area contributed by atoms with Crippen LogP contribution in [0.25, 0.3) is 10.2 Å². The Hall–Kier alpha value is -3.02. The Kier molecular flexibility index (Phi) is 11.1. The number of hydrogen-bond acceptors (Lipinski definition) is 7. The lowest BCUT2D eigenvalue weighted by atomic mass is 10.2. The van der Waals surface area contributed by atoms with E-state index in [1.54, 1.807) is 24.1 Å². The third kappa shape index (κ3) is 7.38. The molecule has 0 N–H and O–H groups in total. The summed E-state index contributed by atoms with van der Waals surface area (Å²) in [5, 5.41) is 0.596. The van der Waals surface area contributed by atoms with Crippen LogP contribution in [0.3, 0.4) is 0 Å². The molecule has 11 heteroatoms. The third-order valence-electron chi connectivity index (χ3n) is 6.34. The van der Waals surface area contributed by atoms with Gasteiger partial charge in [-0.3, -0.25) is 9.69 Å². The van der Waals surface area contributed by atoms with Crippen LogP contribution < -0.4 is 22.0 Å². The number of amides is 1. The molecule has 0 saturated heterocycles. The molecule has 214 valence electrons. The van der Waals surface area contributed by atoms with Gasteiger partial charge in [0.1, 0.15) is 5.75 Å². The van der Waals surface area contributed by atoms with Crippen molar-refractivity contribution in [2.45, 2.75) is 24.8 Å². The first-order chi connectivity index (χ1) is 18.7. The van der Waals surface area contributed by atoms with Crippen LogP contribution >= 0.6 is 11.3 Å². The van der Waals surface area contributed by atoms with E-state index in [0.717, 1.165) is 28.7 Å². The highest BCUT2D eigenvalue weighted by molar-refractivity contribution is 7.89. The maximum atomic E-state index is 13.7. The first kappa shape index (κ1) is 31.5. The van der Waals surface area contributed by atoms with Crippen molar-refractivity contribution in [1.82, 2.24) is 14.2 Å². The number of hydrogen-bond donors (Lipinski definition) is 0. The molecule has 0 aliphatic carbocycles. The molecule has 0 aliphatic heterocycles. The zero-order chi connectivity index (χ0) is 28.0. The highest BCUT2D eigenvalue weighted by Crippen LogP contribution is 2.32. The van der Waals surface area contributed by atoms with Gasteiger partial charge in [0, 0.05) is 31.3 Å². The lowest BCUT2D eigenvalue weighted by Crippen LogP contribution is -3.00. The van der Waals surface area contributed by atoms with Gasteiger partial charge in [-0.25, -0.2) is 13.4 Å². The number of carbonyl (C=O) groups excluding carboxylic acids is 1. The van der Waals surface area contributed by atoms with E-state index in [9.17, 15) is 13.2 Å². The van der Waals surface area contributed by atoms with E-state index < -0.39 is 10.0 Å². The van der Waals surface area contributed by atoms with Crippen LogP contribution in [0.2, 0.25) is 0 Å². The number of rotatable bonds is 12. The summed E-state index contributed by atoms with van der Waals surface area (Å²) in [7, 11) is 1.86. The average Bonchev–Trinajstić information content (AvgIpc) is 3.37. The Morgan fingerprint density at radius 3 is 2.30 bits per heavy atom. The van der Waals surface area contributed by atoms with Gasteiger partial charge < -0.3 is 22.0 Å². The topological polar surface area (TPSA) is 83.1 Å². The smallest absolute Gasteiger partial charge is 0.260 e. The Morgan fingerprint density at radius 2 is 1.68 bits per heavy atom. The first-order valence-electron chi connectivity index (χ1n) is 12.8. The minimum atomic E-state index is -3.73. The summed E-state index contributed by atoms with van der Waals surface area (Å²) in [6, 6.07) is 21.4. The van der Waals surface area contributed by atoms with Gasteiger partial charge in [0.15, 0.2) is 5.13 Å². The number of sulfonamides is 1. The Balaban J connectivity index is 0.00000441. The Bertz CT molecular complexity index is 1510. The summed E-state index contributed by atoms with van der Waals surface area (Å²) in [6.45, 7) is 3.72. The van der Waals surface area contributed by atoms with Gasteiger partial charge in [0.25, 0.3) is 5.91 Å². The molecule has 0 radical (unpaired) electrons. The van der Waals surface area contributed by atoms with Crippen LogP contribution in [-0.4, -0.2) is 69.4 Å². The van der Waals surface area contributed by atoms with Crippen molar-refractivity contribution in [3.05, 3.63) is 83.9 Å². The summed E-state index contributed by atoms with van der Waals surface area (Å²) in [4.78, 5) is 22.3. The molecule has 3 aromatic carbocycles. The van der Waals surface area contributed by atoms with Crippen molar-refractivity contribution in [2.24, 2.45) is 0 Å². The third-order valence-corrected chi connectivity index (χ3v) is 9.33. The molecule has 4 aromatic rings. The normalized spacial score (nSPS) is 11.6. The molecule has 4 rings (SSSR count). The van der Waals surface area contributed by atoms with Gasteiger partial charge in [0.2, 0.25) is 10.0 Å². The fourth-order valence-electron chi connectivity index (χ4n) is 4.19. The van der Waals surface area contributed by atoms with Crippen molar-refractivity contribution >= 4 is 42.6 Å². The van der Waals surface area contributed by atoms with E-state index in [1.165, 1.54) is 27.8 Å². The minimum absolute atomic E-state index is 0. The first-order valence-corrected chi connectivity index (χ1v) is 15.0. The van der Waals surface area contributed by atoms with Crippen LogP contribution in [0.1, 0.15) is 29.3 Å². The summed E-state index contributed by atoms with van der Waals surface area (Å²) in [5.41, 5.74) is 2.08. The second-order valence-electron chi connectivity index (χ2n) is 9.38. The molecular weight excluding hydrogens is 568 g/mol. The minimum Gasteiger partial charge on any atom is -1.00 e. The van der Waals surface area contributed by atoms with E-state index >= 15 is 0 Å². The predicted octanol–water partition coefficient (Wildman–Crippen LogP) is 2.12. The van der Waals surface area contributed by atoms with Crippen LogP contribution in [0, 0.1) is 0 Å². The molecule has 1 amide bonds. The maximum absolute atomic E-state index is 13.7. The van der Waals surface area contributed by atoms with E-state index in [2.05, 4.69) is 4.90 Å². The van der Waals surface area contributed by atoms with Crippen LogP contribution in [0.15, 0.2) is 77.7 Å². The van der Waals surface area contributed by atoms with E-state index in [-0.39, 0.29) is 29.8 Å². The lowest BCUT2D eigenvalue weighted by Gasteiger charge is -2.22. The van der Waals surface area contributed by atoms with E-state index in [4.69, 9.17) is 9.72 Å². The van der Waals surface area contributed by atoms with Gasteiger partial charge >= 0.3 is 0 Å². The molecule has 0 unspecified atom stereocenters. The monoisotopic (exact) mass is 601 g/mol. The molecule has 0 saturated carbocycles. The van der Waals surface area contributed by atoms with Gasteiger partial charge in [-0.2, -0.15) is 4.31 Å². The number of anilines is 1. The molecular formula is C29H34ClN4O4S2-. The maximum Gasteiger partial charge on any atom is 0.260 e. The van der Waals surface area contributed by atoms with E-state index in [1.807, 2.05) is 69.6 Å². The molecule has 0 aliphatic rings. The summed E-state index contributed by atoms with van der Waals surface area (Å²) in [6.07, 6.45) is 0.759. The van der Waals surface area contributed by atoms with E-state index in [0.29, 0.717) is 29.5 Å². The SMILES string of the molecule is CCN(Cc1ccccc1)S(=O)(=O)c1ccc(C(=O)N(CCCN(C)C)c2nc3cc(OC)ccc3s2)cc1.[Cl-]. The van der Waals surface area contributed by atoms with Crippen molar-refractivity contribution < 1.29 is 30.4 Å². The number of carbonyl (C=O) groups is 1. The zero-order valence-electron chi connectivity index (χ0n) is 23.1.